The van der Waals surface area contributed by atoms with Crippen molar-refractivity contribution in [1.82, 2.24) is 20.1 Å². The number of halogens is 6. The zero-order chi connectivity index (χ0) is 84.0. The quantitative estimate of drug-likeness (QED) is 0.0378. The number of benzene rings is 8. The van der Waals surface area contributed by atoms with Gasteiger partial charge >= 0.3 is 0 Å². The van der Waals surface area contributed by atoms with Gasteiger partial charge in [-0.1, -0.05) is 102 Å². The summed E-state index contributed by atoms with van der Waals surface area (Å²) in [5.74, 6) is 4.54. The number of para-hydroxylation sites is 2. The van der Waals surface area contributed by atoms with Gasteiger partial charge in [0.1, 0.15) is 96.1 Å². The molecule has 2 unspecified atom stereocenters. The number of carbonyl (C=O) groups excluding carboxylic acids is 2. The van der Waals surface area contributed by atoms with Crippen LogP contribution in [-0.4, -0.2) is 86.1 Å². The molecule has 118 heavy (non-hydrogen) atoms. The van der Waals surface area contributed by atoms with Crippen LogP contribution in [0.15, 0.2) is 251 Å². The van der Waals surface area contributed by atoms with Crippen molar-refractivity contribution in [3.63, 3.8) is 0 Å². The first-order valence-electron chi connectivity index (χ1n) is 40.2. The molecule has 6 aliphatic heterocycles. The summed E-state index contributed by atoms with van der Waals surface area (Å²) in [4.78, 5) is 28.8. The van der Waals surface area contributed by atoms with Crippen molar-refractivity contribution in [3.05, 3.63) is 297 Å². The minimum Gasteiger partial charge on any atom is -0.489 e. The van der Waals surface area contributed by atoms with E-state index in [-0.39, 0.29) is 38.2 Å². The Labute approximate surface area is 695 Å². The van der Waals surface area contributed by atoms with E-state index in [0.717, 1.165) is 107 Å². The number of carbonyl (C=O) groups is 2. The summed E-state index contributed by atoms with van der Waals surface area (Å²) in [5, 5.41) is 5.57. The standard InChI is InChI=1S/2C20H22FNO.2C14H16FNO2.2C13H16FNO2S/c2*1-2-16(13-21)15-23-20-9-8-18-14-22(11-10-17(18)12-20)19-6-4-3-5-7-19;2*1-2-10(7-15)9-18-13-4-3-11-6-14(17)16-8-12(11)5-13;2*1-2-10(8-14)9-17-12-3-4-13-11(7-12)5-6-15-18(13)16/h2*3-9,12-13H,2,10-11,14-15H2,1H3;2*3-5,7H,2,6,8-9H2,1H3,(H,16,17);2*3-4,7-8,15H,2,5-6,9H2,1H3/b16-13+;16-13-;10-7+;10-7-;10-8+;10-8-. The van der Waals surface area contributed by atoms with Gasteiger partial charge in [0, 0.05) is 63.7 Å². The summed E-state index contributed by atoms with van der Waals surface area (Å²) >= 11 is 0. The number of hydrogen-bond acceptors (Lipinski definition) is 12. The summed E-state index contributed by atoms with van der Waals surface area (Å²) < 4.78 is 137. The number of anilines is 2. The molecule has 2 atom stereocenters. The van der Waals surface area contributed by atoms with Gasteiger partial charge in [0.2, 0.25) is 11.8 Å². The van der Waals surface area contributed by atoms with Gasteiger partial charge < -0.3 is 48.9 Å². The molecule has 0 spiro atoms. The minimum atomic E-state index is -1.12. The van der Waals surface area contributed by atoms with Crippen LogP contribution < -0.4 is 58.3 Å². The minimum absolute atomic E-state index is 0.0461. The summed E-state index contributed by atoms with van der Waals surface area (Å²) in [6.07, 6.45) is 12.1. The molecule has 0 aromatic heterocycles. The normalized spacial score (nSPS) is 16.2. The summed E-state index contributed by atoms with van der Waals surface area (Å²) in [5.41, 5.74) is 18.0. The van der Waals surface area contributed by atoms with Gasteiger partial charge in [0.05, 0.1) is 60.6 Å². The lowest BCUT2D eigenvalue weighted by atomic mass is 9.99. The highest BCUT2D eigenvalue weighted by molar-refractivity contribution is 7.83. The molecule has 24 heteroatoms. The Hall–Kier alpha value is -10.7. The van der Waals surface area contributed by atoms with Gasteiger partial charge in [-0.2, -0.15) is 0 Å². The van der Waals surface area contributed by atoms with Crippen LogP contribution in [0.25, 0.3) is 0 Å². The third kappa shape index (κ3) is 28.3. The molecule has 0 fully saturated rings. The van der Waals surface area contributed by atoms with Crippen molar-refractivity contribution in [2.45, 2.75) is 155 Å². The van der Waals surface area contributed by atoms with Crippen molar-refractivity contribution < 1.29 is 72.8 Å². The third-order valence-electron chi connectivity index (χ3n) is 20.5. The lowest BCUT2D eigenvalue weighted by Crippen LogP contribution is -2.30. The molecule has 6 aliphatic rings. The first kappa shape index (κ1) is 91.2. The molecule has 16 nitrogen and oxygen atoms in total. The number of ether oxygens (including phenoxy) is 6. The van der Waals surface area contributed by atoms with Crippen LogP contribution in [-0.2, 0) is 96.3 Å². The molecule has 14 rings (SSSR count). The Morgan fingerprint density at radius 3 is 0.898 bits per heavy atom. The smallest absolute Gasteiger partial charge is 0.224 e. The van der Waals surface area contributed by atoms with Crippen LogP contribution in [0.4, 0.5) is 37.7 Å². The topological polar surface area (TPSA) is 178 Å². The van der Waals surface area contributed by atoms with E-state index in [9.17, 15) is 44.3 Å². The largest absolute Gasteiger partial charge is 0.489 e. The molecule has 4 N–H and O–H groups in total. The van der Waals surface area contributed by atoms with Crippen molar-refractivity contribution in [2.75, 3.05) is 75.6 Å². The molecule has 628 valence electrons. The molecule has 0 saturated heterocycles. The fraction of sp³-hybridized carbons (Fsp3) is 0.340. The van der Waals surface area contributed by atoms with E-state index >= 15 is 0 Å². The number of nitrogens with zero attached hydrogens (tertiary/aromatic N) is 2. The monoisotopic (exact) mass is 1660 g/mol. The van der Waals surface area contributed by atoms with Crippen LogP contribution in [0.1, 0.15) is 136 Å². The highest BCUT2D eigenvalue weighted by Gasteiger charge is 2.23. The highest BCUT2D eigenvalue weighted by Crippen LogP contribution is 2.32. The fourth-order valence-electron chi connectivity index (χ4n) is 12.9. The zero-order valence-electron chi connectivity index (χ0n) is 68.1. The van der Waals surface area contributed by atoms with Gasteiger partial charge in [0.25, 0.3) is 0 Å². The molecular weight excluding hydrogens is 1550 g/mol. The Kier molecular flexibility index (Phi) is 37.8. The van der Waals surface area contributed by atoms with E-state index in [0.29, 0.717) is 185 Å². The number of fused-ring (bicyclic) bond motifs is 6. The van der Waals surface area contributed by atoms with Crippen LogP contribution in [0.5, 0.6) is 34.5 Å². The maximum absolute atomic E-state index is 12.6. The Morgan fingerprint density at radius 2 is 0.610 bits per heavy atom. The van der Waals surface area contributed by atoms with Gasteiger partial charge in [-0.3, -0.25) is 9.59 Å². The molecule has 6 heterocycles. The maximum Gasteiger partial charge on any atom is 0.224 e. The third-order valence-corrected chi connectivity index (χ3v) is 23.1. The second kappa shape index (κ2) is 48.9. The SMILES string of the molecule is CC/C(=C/F)COc1ccc2c(c1)CCN(c1ccccc1)C2.CC/C(=C/F)COc1ccc2c(c1)CCNS2=O.CC/C(=C/F)COc1ccc2c(c1)CNC(=O)C2.CC/C(=C\F)COc1ccc2c(c1)CCN(c1ccccc1)C2.CC/C(=C\F)COc1ccc2c(c1)CCNS2=O.CC/C(=C\F)COc1ccc2c(c1)CNC(=O)C2. The number of amides is 2. The number of hydrogen-bond donors (Lipinski definition) is 4. The Balaban J connectivity index is 0.000000162. The number of rotatable bonds is 26. The predicted octanol–water partition coefficient (Wildman–Crippen LogP) is 19.8. The molecule has 8 aromatic carbocycles. The van der Waals surface area contributed by atoms with Crippen molar-refractivity contribution in [3.8, 4) is 34.5 Å². The lowest BCUT2D eigenvalue weighted by molar-refractivity contribution is -0.121. The van der Waals surface area contributed by atoms with Crippen LogP contribution in [0, 0.1) is 0 Å². The lowest BCUT2D eigenvalue weighted by Gasteiger charge is -2.31. The van der Waals surface area contributed by atoms with Crippen molar-refractivity contribution in [1.29, 1.82) is 0 Å². The second-order valence-electron chi connectivity index (χ2n) is 28.5. The zero-order valence-corrected chi connectivity index (χ0v) is 69.7. The first-order valence-corrected chi connectivity index (χ1v) is 42.5. The van der Waals surface area contributed by atoms with Gasteiger partial charge in [0.15, 0.2) is 0 Å². The molecule has 0 radical (unpaired) electrons. The number of nitrogens with one attached hydrogen (secondary N) is 4. The van der Waals surface area contributed by atoms with Crippen LogP contribution in [0.3, 0.4) is 0 Å². The van der Waals surface area contributed by atoms with Crippen LogP contribution in [0.2, 0.25) is 0 Å². The van der Waals surface area contributed by atoms with E-state index in [1.807, 2.05) is 114 Å². The average molecular weight is 1660 g/mol. The molecule has 8 aromatic rings. The van der Waals surface area contributed by atoms with E-state index in [1.54, 1.807) is 24.3 Å². The summed E-state index contributed by atoms with van der Waals surface area (Å²) in [7, 11) is -2.23. The van der Waals surface area contributed by atoms with E-state index in [1.165, 1.54) is 33.6 Å². The van der Waals surface area contributed by atoms with E-state index < -0.39 is 22.0 Å². The van der Waals surface area contributed by atoms with E-state index in [4.69, 9.17) is 28.4 Å². The van der Waals surface area contributed by atoms with Crippen LogP contribution >= 0.6 is 0 Å². The van der Waals surface area contributed by atoms with Gasteiger partial charge in [-0.05, 0) is 262 Å². The summed E-state index contributed by atoms with van der Waals surface area (Å²) in [6, 6.07) is 55.6. The molecular formula is C94H108F6N6O10S2. The van der Waals surface area contributed by atoms with E-state index in [2.05, 4.69) is 103 Å². The Bertz CT molecular complexity index is 4550. The highest BCUT2D eigenvalue weighted by atomic mass is 32.2. The van der Waals surface area contributed by atoms with Gasteiger partial charge in [-0.25, -0.2) is 44.2 Å². The van der Waals surface area contributed by atoms with Gasteiger partial charge in [-0.15, -0.1) is 0 Å². The molecule has 0 aliphatic carbocycles. The first-order chi connectivity index (χ1) is 57.5. The molecule has 0 saturated carbocycles. The molecule has 2 amide bonds. The fourth-order valence-corrected chi connectivity index (χ4v) is 15.0. The molecule has 0 bridgehead atoms. The summed E-state index contributed by atoms with van der Waals surface area (Å²) in [6.45, 7) is 19.4. The second-order valence-corrected chi connectivity index (χ2v) is 31.0. The van der Waals surface area contributed by atoms with Crippen molar-refractivity contribution in [2.24, 2.45) is 0 Å². The maximum atomic E-state index is 12.6. The predicted molar refractivity (Wildman–Crippen MR) is 458 cm³/mol. The average Bonchev–Trinajstić information content (AvgIpc) is 0.824. The Morgan fingerprint density at radius 1 is 0.339 bits per heavy atom. The van der Waals surface area contributed by atoms with Crippen molar-refractivity contribution >= 4 is 45.2 Å².